The Morgan fingerprint density at radius 1 is 1.09 bits per heavy atom. The van der Waals surface area contributed by atoms with Crippen molar-refractivity contribution < 1.29 is 38.5 Å². The van der Waals surface area contributed by atoms with Gasteiger partial charge in [-0.25, -0.2) is 0 Å². The van der Waals surface area contributed by atoms with E-state index in [1.54, 1.807) is 18.2 Å². The van der Waals surface area contributed by atoms with Crippen LogP contribution in [0.15, 0.2) is 18.2 Å². The van der Waals surface area contributed by atoms with Gasteiger partial charge >= 0.3 is 5.97 Å². The van der Waals surface area contributed by atoms with Crippen molar-refractivity contribution in [3.8, 4) is 0 Å². The zero-order valence-corrected chi connectivity index (χ0v) is 20.3. The molecule has 0 saturated carbocycles. The van der Waals surface area contributed by atoms with Gasteiger partial charge in [-0.1, -0.05) is 6.07 Å². The van der Waals surface area contributed by atoms with E-state index in [0.29, 0.717) is 32.1 Å². The first-order valence-corrected chi connectivity index (χ1v) is 11.7. The molecule has 11 nitrogen and oxygen atoms in total. The van der Waals surface area contributed by atoms with Crippen molar-refractivity contribution in [2.75, 3.05) is 38.3 Å². The molecule has 0 radical (unpaired) electrons. The number of fused-ring (bicyclic) bond motifs is 1. The van der Waals surface area contributed by atoms with Crippen LogP contribution >= 0.6 is 0 Å². The number of amides is 3. The van der Waals surface area contributed by atoms with Crippen LogP contribution in [0.4, 0.5) is 5.69 Å². The summed E-state index contributed by atoms with van der Waals surface area (Å²) in [6, 6.07) is 3.97. The van der Waals surface area contributed by atoms with E-state index in [0.717, 1.165) is 4.90 Å². The van der Waals surface area contributed by atoms with Crippen LogP contribution in [0.2, 0.25) is 0 Å². The maximum absolute atomic E-state index is 13.1. The minimum Gasteiger partial charge on any atom is -0.460 e. The Morgan fingerprint density at radius 2 is 1.80 bits per heavy atom. The van der Waals surface area contributed by atoms with E-state index in [2.05, 4.69) is 10.6 Å². The van der Waals surface area contributed by atoms with Crippen LogP contribution in [0.25, 0.3) is 0 Å². The molecule has 35 heavy (non-hydrogen) atoms. The van der Waals surface area contributed by atoms with E-state index in [4.69, 9.17) is 14.2 Å². The van der Waals surface area contributed by atoms with Crippen LogP contribution in [0, 0.1) is 0 Å². The van der Waals surface area contributed by atoms with Crippen molar-refractivity contribution in [3.05, 3.63) is 29.3 Å². The Morgan fingerprint density at radius 3 is 2.49 bits per heavy atom. The summed E-state index contributed by atoms with van der Waals surface area (Å²) in [4.78, 5) is 50.8. The summed E-state index contributed by atoms with van der Waals surface area (Å²) in [5.74, 6) is -1.92. The Kier molecular flexibility index (Phi) is 8.82. The molecule has 192 valence electrons. The number of anilines is 1. The molecule has 2 aliphatic rings. The summed E-state index contributed by atoms with van der Waals surface area (Å²) in [5, 5.41) is 15.1. The average molecular weight is 492 g/mol. The number of hydrogen-bond acceptors (Lipinski definition) is 9. The SMILES string of the molecule is CC(C)(C)OC(=O)CCOCCOCCNc1cccc2c1C(=O)N(C1CCC(O)NC1=O)C2=O. The molecular formula is C24H33N3O8. The number of ether oxygens (including phenoxy) is 3. The number of aliphatic hydroxyl groups is 1. The standard InChI is InChI=1S/C24H33N3O8/c1-24(2,3)35-19(29)9-11-33-13-14-34-12-10-25-16-6-4-5-15-20(16)23(32)27(22(15)31)17-7-8-18(28)26-21(17)30/h4-6,17-18,25,28H,7-14H2,1-3H3,(H,26,30). The normalized spacial score (nSPS) is 20.0. The van der Waals surface area contributed by atoms with Gasteiger partial charge in [0.1, 0.15) is 17.9 Å². The van der Waals surface area contributed by atoms with E-state index in [-0.39, 0.29) is 43.0 Å². The molecule has 3 amide bonds. The smallest absolute Gasteiger partial charge is 0.308 e. The molecule has 3 N–H and O–H groups in total. The molecule has 1 aromatic rings. The molecule has 2 aliphatic heterocycles. The molecule has 2 heterocycles. The summed E-state index contributed by atoms with van der Waals surface area (Å²) in [5.41, 5.74) is 0.424. The molecule has 0 aliphatic carbocycles. The lowest BCUT2D eigenvalue weighted by molar-refractivity contribution is -0.156. The van der Waals surface area contributed by atoms with Gasteiger partial charge < -0.3 is 30.0 Å². The number of aliphatic hydroxyl groups excluding tert-OH is 1. The number of carbonyl (C=O) groups excluding carboxylic acids is 4. The van der Waals surface area contributed by atoms with E-state index >= 15 is 0 Å². The number of nitrogens with zero attached hydrogens (tertiary/aromatic N) is 1. The number of piperidine rings is 1. The number of nitrogens with one attached hydrogen (secondary N) is 2. The van der Waals surface area contributed by atoms with Crippen LogP contribution in [-0.4, -0.2) is 84.5 Å². The van der Waals surface area contributed by atoms with Gasteiger partial charge in [0, 0.05) is 12.2 Å². The summed E-state index contributed by atoms with van der Waals surface area (Å²) in [6.07, 6.45) is -0.335. The minimum atomic E-state index is -0.971. The maximum atomic E-state index is 13.1. The summed E-state index contributed by atoms with van der Waals surface area (Å²) in [7, 11) is 0. The Labute approximate surface area is 204 Å². The monoisotopic (exact) mass is 491 g/mol. The van der Waals surface area contributed by atoms with E-state index < -0.39 is 35.6 Å². The van der Waals surface area contributed by atoms with Crippen molar-refractivity contribution in [2.24, 2.45) is 0 Å². The molecule has 2 atom stereocenters. The van der Waals surface area contributed by atoms with Crippen molar-refractivity contribution >= 4 is 29.4 Å². The van der Waals surface area contributed by atoms with Crippen molar-refractivity contribution in [3.63, 3.8) is 0 Å². The Bertz CT molecular complexity index is 959. The van der Waals surface area contributed by atoms with Gasteiger partial charge in [0.25, 0.3) is 11.8 Å². The lowest BCUT2D eigenvalue weighted by atomic mass is 10.0. The number of imide groups is 1. The van der Waals surface area contributed by atoms with E-state index in [1.807, 2.05) is 20.8 Å². The van der Waals surface area contributed by atoms with Crippen LogP contribution in [-0.2, 0) is 23.8 Å². The highest BCUT2D eigenvalue weighted by molar-refractivity contribution is 6.25. The molecule has 2 unspecified atom stereocenters. The number of rotatable bonds is 11. The number of carbonyl (C=O) groups is 4. The lowest BCUT2D eigenvalue weighted by Gasteiger charge is -2.31. The first kappa shape index (κ1) is 26.6. The van der Waals surface area contributed by atoms with Crippen LogP contribution in [0.1, 0.15) is 60.7 Å². The zero-order valence-electron chi connectivity index (χ0n) is 20.3. The first-order valence-electron chi connectivity index (χ1n) is 11.7. The second kappa shape index (κ2) is 11.6. The van der Waals surface area contributed by atoms with Gasteiger partial charge in [-0.15, -0.1) is 0 Å². The largest absolute Gasteiger partial charge is 0.460 e. The quantitative estimate of drug-likeness (QED) is 0.235. The zero-order chi connectivity index (χ0) is 25.6. The van der Waals surface area contributed by atoms with Crippen LogP contribution < -0.4 is 10.6 Å². The first-order chi connectivity index (χ1) is 16.6. The summed E-state index contributed by atoms with van der Waals surface area (Å²) >= 11 is 0. The van der Waals surface area contributed by atoms with Gasteiger partial charge in [-0.3, -0.25) is 24.1 Å². The highest BCUT2D eigenvalue weighted by atomic mass is 16.6. The topological polar surface area (TPSA) is 144 Å². The lowest BCUT2D eigenvalue weighted by Crippen LogP contribution is -2.55. The van der Waals surface area contributed by atoms with Gasteiger partial charge in [-0.05, 0) is 45.7 Å². The molecule has 0 aromatic heterocycles. The second-order valence-electron chi connectivity index (χ2n) is 9.31. The number of benzene rings is 1. The van der Waals surface area contributed by atoms with Crippen molar-refractivity contribution in [1.29, 1.82) is 0 Å². The molecule has 1 saturated heterocycles. The fourth-order valence-electron chi connectivity index (χ4n) is 3.89. The summed E-state index contributed by atoms with van der Waals surface area (Å²) in [6.45, 7) is 7.03. The number of hydrogen-bond donors (Lipinski definition) is 3. The Balaban J connectivity index is 1.41. The molecule has 1 aromatic carbocycles. The Hall–Kier alpha value is -3.02. The molecule has 11 heteroatoms. The van der Waals surface area contributed by atoms with Crippen LogP contribution in [0.3, 0.4) is 0 Å². The van der Waals surface area contributed by atoms with E-state index in [9.17, 15) is 24.3 Å². The predicted octanol–water partition coefficient (Wildman–Crippen LogP) is 1.06. The second-order valence-corrected chi connectivity index (χ2v) is 9.31. The van der Waals surface area contributed by atoms with Crippen LogP contribution in [0.5, 0.6) is 0 Å². The van der Waals surface area contributed by atoms with Crippen molar-refractivity contribution in [1.82, 2.24) is 10.2 Å². The van der Waals surface area contributed by atoms with Gasteiger partial charge in [-0.2, -0.15) is 0 Å². The fraction of sp³-hybridized carbons (Fsp3) is 0.583. The molecular weight excluding hydrogens is 458 g/mol. The predicted molar refractivity (Wildman–Crippen MR) is 125 cm³/mol. The van der Waals surface area contributed by atoms with Gasteiger partial charge in [0.15, 0.2) is 0 Å². The van der Waals surface area contributed by atoms with Crippen molar-refractivity contribution in [2.45, 2.75) is 57.9 Å². The maximum Gasteiger partial charge on any atom is 0.308 e. The highest BCUT2D eigenvalue weighted by Gasteiger charge is 2.45. The average Bonchev–Trinajstić information content (AvgIpc) is 3.02. The van der Waals surface area contributed by atoms with E-state index in [1.165, 1.54) is 0 Å². The minimum absolute atomic E-state index is 0.171. The molecule has 3 rings (SSSR count). The van der Waals surface area contributed by atoms with Gasteiger partial charge in [0.2, 0.25) is 5.91 Å². The molecule has 0 spiro atoms. The fourth-order valence-corrected chi connectivity index (χ4v) is 3.89. The highest BCUT2D eigenvalue weighted by Crippen LogP contribution is 2.32. The number of esters is 1. The molecule has 0 bridgehead atoms. The molecule has 1 fully saturated rings. The summed E-state index contributed by atoms with van der Waals surface area (Å²) < 4.78 is 16.1. The third-order valence-electron chi connectivity index (χ3n) is 5.39. The third-order valence-corrected chi connectivity index (χ3v) is 5.39. The van der Waals surface area contributed by atoms with Gasteiger partial charge in [0.05, 0.1) is 44.0 Å². The third kappa shape index (κ3) is 7.00.